The first-order valence-electron chi connectivity index (χ1n) is 31.5. The molecule has 88 heavy (non-hydrogen) atoms. The second-order valence-corrected chi connectivity index (χ2v) is 29.1. The molecule has 3 atom stereocenters. The highest BCUT2D eigenvalue weighted by Crippen LogP contribution is 2.62. The summed E-state index contributed by atoms with van der Waals surface area (Å²) in [6.07, 6.45) is 16.1. The lowest BCUT2D eigenvalue weighted by molar-refractivity contribution is -0.225. The Labute approximate surface area is 518 Å². The number of carbonyl (C=O) groups is 8. The summed E-state index contributed by atoms with van der Waals surface area (Å²) in [6.45, 7) is 24.3. The maximum atomic E-state index is 12.6. The van der Waals surface area contributed by atoms with Gasteiger partial charge in [0.05, 0.1) is 45.0 Å². The van der Waals surface area contributed by atoms with Gasteiger partial charge in [0.25, 0.3) is 11.8 Å². The molecular formula is C66H95F2NO18S. The number of aliphatic hydroxyl groups is 1. The number of carbonyl (C=O) groups excluding carboxylic acids is 8. The number of benzene rings is 2. The zero-order chi connectivity index (χ0) is 65.6. The zero-order valence-corrected chi connectivity index (χ0v) is 54.7. The van der Waals surface area contributed by atoms with Crippen LogP contribution in [0.2, 0.25) is 0 Å². The monoisotopic (exact) mass is 1260 g/mol. The minimum absolute atomic E-state index is 0.0337. The molecular weight excluding hydrogens is 1160 g/mol. The summed E-state index contributed by atoms with van der Waals surface area (Å²) in [5, 5.41) is 11.6. The molecule has 0 spiro atoms. The highest BCUT2D eigenvalue weighted by molar-refractivity contribution is 7.81. The molecule has 22 heteroatoms. The molecule has 492 valence electrons. The van der Waals surface area contributed by atoms with Crippen LogP contribution in [0.5, 0.6) is 0 Å². The highest BCUT2D eigenvalue weighted by atomic mass is 32.3. The molecule has 2 aliphatic heterocycles. The van der Waals surface area contributed by atoms with Gasteiger partial charge in [-0.05, 0) is 205 Å². The predicted molar refractivity (Wildman–Crippen MR) is 320 cm³/mol. The van der Waals surface area contributed by atoms with Gasteiger partial charge in [-0.15, -0.1) is 9.35 Å². The molecule has 9 fully saturated rings. The van der Waals surface area contributed by atoms with E-state index in [1.165, 1.54) is 50.7 Å². The fraction of sp³-hybridized carbons (Fsp3) is 0.727. The Kier molecular flexibility index (Phi) is 23.0. The number of hydrogen-bond acceptors (Lipinski definition) is 18. The molecule has 1 saturated heterocycles. The van der Waals surface area contributed by atoms with Crippen molar-refractivity contribution < 1.29 is 92.9 Å². The number of rotatable bonds is 18. The van der Waals surface area contributed by atoms with Gasteiger partial charge in [-0.1, -0.05) is 62.8 Å². The number of nitrogens with zero attached hydrogens (tertiary/aromatic N) is 1. The van der Waals surface area contributed by atoms with Crippen molar-refractivity contribution in [2.24, 2.45) is 57.2 Å². The van der Waals surface area contributed by atoms with Crippen LogP contribution in [0.15, 0.2) is 36.4 Å². The van der Waals surface area contributed by atoms with Crippen molar-refractivity contribution in [1.82, 2.24) is 5.06 Å². The van der Waals surface area contributed by atoms with Gasteiger partial charge in [-0.2, -0.15) is 8.42 Å². The third-order valence-electron chi connectivity index (χ3n) is 20.1. The van der Waals surface area contributed by atoms with Crippen molar-refractivity contribution >= 4 is 68.9 Å². The van der Waals surface area contributed by atoms with Crippen LogP contribution in [0.3, 0.4) is 0 Å². The summed E-state index contributed by atoms with van der Waals surface area (Å²) >= 11 is 0. The lowest BCUT2D eigenvalue weighted by Crippen LogP contribution is -2.61. The Bertz CT molecular complexity index is 2920. The quantitative estimate of drug-likeness (QED) is 0.0478. The van der Waals surface area contributed by atoms with Gasteiger partial charge in [0.1, 0.15) is 24.4 Å². The number of esters is 6. The van der Waals surface area contributed by atoms with Crippen LogP contribution >= 0.6 is 0 Å². The Morgan fingerprint density at radius 1 is 0.636 bits per heavy atom. The maximum absolute atomic E-state index is 12.6. The third kappa shape index (κ3) is 16.9. The van der Waals surface area contributed by atoms with Crippen LogP contribution in [0, 0.1) is 57.2 Å². The van der Waals surface area contributed by atoms with E-state index < -0.39 is 68.9 Å². The van der Waals surface area contributed by atoms with Gasteiger partial charge >= 0.3 is 46.3 Å². The topological polar surface area (TPSA) is 259 Å². The summed E-state index contributed by atoms with van der Waals surface area (Å²) in [5.74, 6) is 0.102. The molecule has 8 aliphatic carbocycles. The van der Waals surface area contributed by atoms with Crippen LogP contribution in [0.1, 0.15) is 220 Å². The molecule has 1 N–H and O–H groups in total. The molecule has 10 aliphatic rings. The van der Waals surface area contributed by atoms with Gasteiger partial charge in [0.15, 0.2) is 6.67 Å². The molecule has 2 amide bonds. The van der Waals surface area contributed by atoms with E-state index in [4.69, 9.17) is 23.7 Å². The average molecular weight is 1260 g/mol. The Morgan fingerprint density at radius 3 is 1.52 bits per heavy atom. The van der Waals surface area contributed by atoms with Gasteiger partial charge in [-0.25, -0.2) is 14.0 Å². The number of hydrogen-bond donors (Lipinski definition) is 1. The second kappa shape index (κ2) is 28.3. The van der Waals surface area contributed by atoms with Gasteiger partial charge in [0, 0.05) is 18.2 Å². The molecule has 0 aromatic heterocycles. The minimum Gasteiger partial charge on any atom is -0.463 e. The molecule has 8 bridgehead atoms. The normalized spacial score (nSPS) is 28.1. The van der Waals surface area contributed by atoms with Crippen LogP contribution in [-0.4, -0.2) is 116 Å². The smallest absolute Gasteiger partial charge is 0.459 e. The minimum atomic E-state index is -5.48. The van der Waals surface area contributed by atoms with Gasteiger partial charge in [-0.3, -0.25) is 28.8 Å². The average Bonchev–Trinajstić information content (AvgIpc) is 0.950. The SMILES string of the molecule is CCC(C)(C)C(=O)OC1(CC)C2CC3CC(C2)CC1C3.CCC(C)(C)C(=O)OC12CC3CC(CC(O)(C3)C1)C2.CCC(C)(C)C(=O)OC1CCOC1=O.CCC(C)(C)C(=O)OCCOC(=O)CF.O=C1c2cccc3cccc(c23)C(=O)N1OS(=O)(=O)F. The number of alkyl halides is 1. The lowest BCUT2D eigenvalue weighted by Gasteiger charge is -2.60. The first-order valence-corrected chi connectivity index (χ1v) is 32.8. The number of ether oxygens (including phenoxy) is 6. The van der Waals surface area contributed by atoms with Crippen LogP contribution in [0.25, 0.3) is 10.8 Å². The molecule has 2 aromatic rings. The molecule has 3 unspecified atom stereocenters. The first-order chi connectivity index (χ1) is 41.0. The van der Waals surface area contributed by atoms with E-state index in [1.54, 1.807) is 52.0 Å². The summed E-state index contributed by atoms with van der Waals surface area (Å²) in [5.41, 5.74) is -2.71. The fourth-order valence-corrected chi connectivity index (χ4v) is 14.1. The largest absolute Gasteiger partial charge is 0.463 e. The maximum Gasteiger partial charge on any atom is 0.459 e. The Morgan fingerprint density at radius 2 is 1.09 bits per heavy atom. The summed E-state index contributed by atoms with van der Waals surface area (Å²) in [7, 11) is -5.48. The number of cyclic esters (lactones) is 1. The van der Waals surface area contributed by atoms with E-state index in [1.807, 2.05) is 48.5 Å². The molecule has 2 aromatic carbocycles. The Hall–Kier alpha value is -5.61. The molecule has 12 rings (SSSR count). The van der Waals surface area contributed by atoms with Crippen molar-refractivity contribution in [2.45, 2.75) is 222 Å². The number of halogens is 2. The highest BCUT2D eigenvalue weighted by Gasteiger charge is 2.61. The van der Waals surface area contributed by atoms with Crippen molar-refractivity contribution in [2.75, 3.05) is 26.5 Å². The predicted octanol–water partition coefficient (Wildman–Crippen LogP) is 12.0. The standard InChI is InChI=1S/C18H30O2.C16H26O3.C12H6FNO5S.C10H17FO4.C10H16O4/c1-5-17(3,4)16(19)20-18(6-2)14-8-12-7-13(10-14)11-15(18)9-12;1-4-14(2,3)13(17)19-16-8-11-5-12(9-16)7-15(18,6-11)10-16;13-20(17,18)19-14-11(15)8-5-1-3-7-4-2-6-9(10(7)8)12(14)16;1-4-10(2,3)9(13)15-6-5-14-8(12)7-11;1-4-10(2,3)9(12)14-7-5-6-13-8(7)11/h12-15H,5-11H2,1-4H3;11-12,18H,4-10H2,1-3H3;1-6H;4-7H2,1-3H3;7H,4-6H2,1-3H3. The fourth-order valence-electron chi connectivity index (χ4n) is 13.8. The van der Waals surface area contributed by atoms with Crippen LogP contribution < -0.4 is 0 Å². The Balaban J connectivity index is 0.000000177. The zero-order valence-electron chi connectivity index (χ0n) is 53.9. The summed E-state index contributed by atoms with van der Waals surface area (Å²) in [6, 6.07) is 9.34. The van der Waals surface area contributed by atoms with Crippen molar-refractivity contribution in [3.8, 4) is 0 Å². The first kappa shape index (κ1) is 71.5. The van der Waals surface area contributed by atoms with Crippen LogP contribution in [0.4, 0.5) is 8.28 Å². The number of amides is 2. The number of imide groups is 1. The van der Waals surface area contributed by atoms with Gasteiger partial charge < -0.3 is 33.5 Å². The lowest BCUT2D eigenvalue weighted by atomic mass is 9.49. The van der Waals surface area contributed by atoms with E-state index in [0.29, 0.717) is 66.7 Å². The van der Waals surface area contributed by atoms with E-state index in [9.17, 15) is 60.2 Å². The second-order valence-electron chi connectivity index (χ2n) is 28.1. The van der Waals surface area contributed by atoms with Crippen molar-refractivity contribution in [3.63, 3.8) is 0 Å². The molecule has 0 radical (unpaired) electrons. The van der Waals surface area contributed by atoms with Crippen molar-refractivity contribution in [3.05, 3.63) is 47.5 Å². The molecule has 8 saturated carbocycles. The van der Waals surface area contributed by atoms with Crippen LogP contribution in [-0.2, 0) is 72.0 Å². The van der Waals surface area contributed by atoms with Crippen molar-refractivity contribution in [1.29, 1.82) is 0 Å². The molecule has 2 heterocycles. The van der Waals surface area contributed by atoms with Gasteiger partial charge in [0.2, 0.25) is 6.10 Å². The molecule has 19 nitrogen and oxygen atoms in total. The van der Waals surface area contributed by atoms with E-state index in [-0.39, 0.29) is 69.9 Å². The number of hydroxylamine groups is 2. The van der Waals surface area contributed by atoms with E-state index in [0.717, 1.165) is 56.8 Å². The summed E-state index contributed by atoms with van der Waals surface area (Å²) in [4.78, 5) is 93.4. The summed E-state index contributed by atoms with van der Waals surface area (Å²) < 4.78 is 80.3. The van der Waals surface area contributed by atoms with E-state index >= 15 is 0 Å². The van der Waals surface area contributed by atoms with E-state index in [2.05, 4.69) is 22.9 Å². The third-order valence-corrected chi connectivity index (χ3v) is 20.4.